The molecular weight excluding hydrogens is 381 g/mol. The number of alkyl halides is 3. The summed E-state index contributed by atoms with van der Waals surface area (Å²) in [6.07, 6.45) is -1.29. The van der Waals surface area contributed by atoms with E-state index in [-0.39, 0.29) is 5.91 Å². The summed E-state index contributed by atoms with van der Waals surface area (Å²) >= 11 is 0. The largest absolute Gasteiger partial charge is 0.416 e. The lowest BCUT2D eigenvalue weighted by molar-refractivity contribution is -0.137. The second-order valence-electron chi connectivity index (χ2n) is 6.55. The lowest BCUT2D eigenvalue weighted by Crippen LogP contribution is -2.14. The van der Waals surface area contributed by atoms with E-state index in [1.165, 1.54) is 24.5 Å². The van der Waals surface area contributed by atoms with Crippen LogP contribution in [-0.2, 0) is 12.7 Å². The van der Waals surface area contributed by atoms with Gasteiger partial charge in [0.15, 0.2) is 0 Å². The summed E-state index contributed by atoms with van der Waals surface area (Å²) in [7, 11) is 0. The summed E-state index contributed by atoms with van der Waals surface area (Å²) in [5.74, 6) is 0.307. The number of halogens is 3. The zero-order valence-corrected chi connectivity index (χ0v) is 15.8. The van der Waals surface area contributed by atoms with Gasteiger partial charge in [0.25, 0.3) is 5.91 Å². The topological polar surface area (TPSA) is 66.9 Å². The van der Waals surface area contributed by atoms with Crippen molar-refractivity contribution in [3.63, 3.8) is 0 Å². The average Bonchev–Trinajstić information content (AvgIpc) is 2.68. The third kappa shape index (κ3) is 5.31. The molecule has 0 aliphatic rings. The number of amides is 1. The summed E-state index contributed by atoms with van der Waals surface area (Å²) in [5.41, 5.74) is 2.44. The van der Waals surface area contributed by atoms with Crippen molar-refractivity contribution in [3.05, 3.63) is 82.9 Å². The molecule has 1 heterocycles. The summed E-state index contributed by atoms with van der Waals surface area (Å²) in [4.78, 5) is 20.7. The average molecular weight is 400 g/mol. The van der Waals surface area contributed by atoms with Gasteiger partial charge in [-0.3, -0.25) is 4.79 Å². The highest BCUT2D eigenvalue weighted by atomic mass is 19.4. The van der Waals surface area contributed by atoms with Gasteiger partial charge in [0.2, 0.25) is 0 Å². The van der Waals surface area contributed by atoms with Crippen molar-refractivity contribution in [2.24, 2.45) is 0 Å². The van der Waals surface area contributed by atoms with Gasteiger partial charge in [0.1, 0.15) is 5.82 Å². The van der Waals surface area contributed by atoms with Crippen molar-refractivity contribution in [1.29, 1.82) is 0 Å². The van der Waals surface area contributed by atoms with E-state index in [9.17, 15) is 18.0 Å². The maximum atomic E-state index is 12.6. The number of carbonyl (C=O) groups excluding carboxylic acids is 1. The van der Waals surface area contributed by atoms with E-state index in [1.54, 1.807) is 19.1 Å². The third-order valence-corrected chi connectivity index (χ3v) is 4.30. The van der Waals surface area contributed by atoms with Gasteiger partial charge in [0, 0.05) is 17.8 Å². The van der Waals surface area contributed by atoms with Crippen molar-refractivity contribution in [1.82, 2.24) is 9.97 Å². The minimum atomic E-state index is -4.35. The maximum absolute atomic E-state index is 12.6. The molecule has 1 amide bonds. The van der Waals surface area contributed by atoms with E-state index < -0.39 is 11.7 Å². The standard InChI is InChI=1S/C21H19F3N4O/c1-13-3-8-17(27-10-15-4-6-16(7-5-15)21(22,23)24)9-19(13)20(29)28-18-11-25-14(2)26-12-18/h3-9,11-12,27H,10H2,1-2H3,(H,28,29). The van der Waals surface area contributed by atoms with Crippen LogP contribution < -0.4 is 10.6 Å². The second kappa shape index (κ2) is 8.30. The molecule has 0 spiro atoms. The van der Waals surface area contributed by atoms with Crippen molar-refractivity contribution in [2.45, 2.75) is 26.6 Å². The number of anilines is 2. The summed E-state index contributed by atoms with van der Waals surface area (Å²) < 4.78 is 37.9. The Morgan fingerprint density at radius 3 is 2.24 bits per heavy atom. The molecule has 5 nitrogen and oxygen atoms in total. The summed E-state index contributed by atoms with van der Waals surface area (Å²) in [6, 6.07) is 10.3. The van der Waals surface area contributed by atoms with Gasteiger partial charge in [-0.05, 0) is 49.2 Å². The van der Waals surface area contributed by atoms with E-state index in [4.69, 9.17) is 0 Å². The van der Waals surface area contributed by atoms with Gasteiger partial charge in [-0.2, -0.15) is 13.2 Å². The fraction of sp³-hybridized carbons (Fsp3) is 0.190. The van der Waals surface area contributed by atoms with Crippen LogP contribution in [0.1, 0.15) is 32.9 Å². The SMILES string of the molecule is Cc1ncc(NC(=O)c2cc(NCc3ccc(C(F)(F)F)cc3)ccc2C)cn1. The van der Waals surface area contributed by atoms with Crippen LogP contribution in [0.5, 0.6) is 0 Å². The molecule has 0 fully saturated rings. The normalized spacial score (nSPS) is 11.2. The Hall–Kier alpha value is -3.42. The molecule has 0 unspecified atom stereocenters. The first kappa shape index (κ1) is 20.3. The van der Waals surface area contributed by atoms with Crippen LogP contribution in [0.2, 0.25) is 0 Å². The molecule has 0 bridgehead atoms. The molecule has 8 heteroatoms. The highest BCUT2D eigenvalue weighted by molar-refractivity contribution is 6.05. The number of hydrogen-bond acceptors (Lipinski definition) is 4. The number of benzene rings is 2. The Morgan fingerprint density at radius 1 is 0.966 bits per heavy atom. The van der Waals surface area contributed by atoms with Gasteiger partial charge in [-0.25, -0.2) is 9.97 Å². The smallest absolute Gasteiger partial charge is 0.381 e. The van der Waals surface area contributed by atoms with Gasteiger partial charge in [-0.15, -0.1) is 0 Å². The molecule has 0 aliphatic heterocycles. The second-order valence-corrected chi connectivity index (χ2v) is 6.55. The Balaban J connectivity index is 1.68. The molecule has 0 saturated carbocycles. The van der Waals surface area contributed by atoms with Crippen molar-refractivity contribution in [3.8, 4) is 0 Å². The lowest BCUT2D eigenvalue weighted by Gasteiger charge is -2.12. The Kier molecular flexibility index (Phi) is 5.81. The Labute approximate surface area is 166 Å². The number of aromatic nitrogens is 2. The fourth-order valence-corrected chi connectivity index (χ4v) is 2.65. The number of carbonyl (C=O) groups is 1. The number of nitrogens with zero attached hydrogens (tertiary/aromatic N) is 2. The van der Waals surface area contributed by atoms with Gasteiger partial charge >= 0.3 is 6.18 Å². The predicted molar refractivity (Wildman–Crippen MR) is 105 cm³/mol. The highest BCUT2D eigenvalue weighted by Gasteiger charge is 2.29. The summed E-state index contributed by atoms with van der Waals surface area (Å²) in [6.45, 7) is 3.90. The quantitative estimate of drug-likeness (QED) is 0.634. The fourth-order valence-electron chi connectivity index (χ4n) is 2.65. The first-order valence-electron chi connectivity index (χ1n) is 8.83. The highest BCUT2D eigenvalue weighted by Crippen LogP contribution is 2.29. The van der Waals surface area contributed by atoms with Crippen LogP contribution in [0.3, 0.4) is 0 Å². The lowest BCUT2D eigenvalue weighted by atomic mass is 10.1. The Morgan fingerprint density at radius 2 is 1.62 bits per heavy atom. The predicted octanol–water partition coefficient (Wildman–Crippen LogP) is 4.98. The number of rotatable bonds is 5. The zero-order chi connectivity index (χ0) is 21.0. The van der Waals surface area contributed by atoms with Crippen LogP contribution in [0, 0.1) is 13.8 Å². The molecule has 3 rings (SSSR count). The molecule has 3 aromatic rings. The molecule has 0 radical (unpaired) electrons. The number of nitrogens with one attached hydrogen (secondary N) is 2. The van der Waals surface area contributed by atoms with E-state index >= 15 is 0 Å². The molecule has 29 heavy (non-hydrogen) atoms. The molecule has 2 aromatic carbocycles. The van der Waals surface area contributed by atoms with Crippen LogP contribution in [0.15, 0.2) is 54.9 Å². The van der Waals surface area contributed by atoms with Gasteiger partial charge in [-0.1, -0.05) is 18.2 Å². The van der Waals surface area contributed by atoms with E-state index in [2.05, 4.69) is 20.6 Å². The molecule has 2 N–H and O–H groups in total. The van der Waals surface area contributed by atoms with Crippen molar-refractivity contribution < 1.29 is 18.0 Å². The molecule has 0 saturated heterocycles. The van der Waals surface area contributed by atoms with Crippen molar-refractivity contribution in [2.75, 3.05) is 10.6 Å². The monoisotopic (exact) mass is 400 g/mol. The molecular formula is C21H19F3N4O. The van der Waals surface area contributed by atoms with Gasteiger partial charge in [0.05, 0.1) is 23.6 Å². The molecule has 0 aliphatic carbocycles. The van der Waals surface area contributed by atoms with Crippen molar-refractivity contribution >= 4 is 17.3 Å². The Bertz CT molecular complexity index is 1000. The number of hydrogen-bond donors (Lipinski definition) is 2. The minimum absolute atomic E-state index is 0.298. The molecule has 1 aromatic heterocycles. The first-order valence-corrected chi connectivity index (χ1v) is 8.83. The molecule has 150 valence electrons. The summed E-state index contributed by atoms with van der Waals surface area (Å²) in [5, 5.41) is 5.88. The third-order valence-electron chi connectivity index (χ3n) is 4.30. The molecule has 0 atom stereocenters. The van der Waals surface area contributed by atoms with Crippen LogP contribution in [0.25, 0.3) is 0 Å². The van der Waals surface area contributed by atoms with Gasteiger partial charge < -0.3 is 10.6 Å². The number of aryl methyl sites for hydroxylation is 2. The maximum Gasteiger partial charge on any atom is 0.416 e. The van der Waals surface area contributed by atoms with E-state index in [0.29, 0.717) is 34.9 Å². The van der Waals surface area contributed by atoms with Crippen LogP contribution in [-0.4, -0.2) is 15.9 Å². The first-order chi connectivity index (χ1) is 13.7. The minimum Gasteiger partial charge on any atom is -0.381 e. The van der Waals surface area contributed by atoms with E-state index in [1.807, 2.05) is 13.0 Å². The zero-order valence-electron chi connectivity index (χ0n) is 15.8. The van der Waals surface area contributed by atoms with Crippen LogP contribution in [0.4, 0.5) is 24.5 Å². The van der Waals surface area contributed by atoms with E-state index in [0.717, 1.165) is 17.7 Å². The van der Waals surface area contributed by atoms with Crippen LogP contribution >= 0.6 is 0 Å².